The standard InChI is InChI=1S/C11H12ClNO3.C2H6/c1-6-7(12)5-8-10(9(6)11(14)15)16-4-3-13(8)2;1-2/h5H,3-4H2,1-2H3,(H,14,15);1-2H3. The van der Waals surface area contributed by atoms with Gasteiger partial charge in [-0.05, 0) is 18.6 Å². The lowest BCUT2D eigenvalue weighted by atomic mass is 10.0. The third-order valence-corrected chi connectivity index (χ3v) is 3.15. The molecule has 1 aromatic rings. The lowest BCUT2D eigenvalue weighted by Crippen LogP contribution is -2.30. The van der Waals surface area contributed by atoms with E-state index in [1.807, 2.05) is 25.8 Å². The van der Waals surface area contributed by atoms with Crippen LogP contribution in [0.5, 0.6) is 5.75 Å². The van der Waals surface area contributed by atoms with Gasteiger partial charge >= 0.3 is 5.97 Å². The van der Waals surface area contributed by atoms with E-state index in [-0.39, 0.29) is 5.56 Å². The van der Waals surface area contributed by atoms with E-state index in [0.29, 0.717) is 22.9 Å². The van der Waals surface area contributed by atoms with Crippen molar-refractivity contribution in [3.63, 3.8) is 0 Å². The van der Waals surface area contributed by atoms with Crippen LogP contribution in [-0.2, 0) is 0 Å². The van der Waals surface area contributed by atoms with Gasteiger partial charge in [0.25, 0.3) is 0 Å². The molecule has 18 heavy (non-hydrogen) atoms. The third-order valence-electron chi connectivity index (χ3n) is 2.75. The van der Waals surface area contributed by atoms with Crippen LogP contribution >= 0.6 is 11.6 Å². The van der Waals surface area contributed by atoms with E-state index >= 15 is 0 Å². The van der Waals surface area contributed by atoms with Crippen molar-refractivity contribution < 1.29 is 14.6 Å². The molecule has 0 amide bonds. The zero-order valence-corrected chi connectivity index (χ0v) is 11.8. The van der Waals surface area contributed by atoms with E-state index in [4.69, 9.17) is 16.3 Å². The number of carboxylic acid groups (broad SMARTS) is 1. The van der Waals surface area contributed by atoms with Crippen molar-refractivity contribution in [3.8, 4) is 5.75 Å². The first-order valence-corrected chi connectivity index (χ1v) is 6.30. The summed E-state index contributed by atoms with van der Waals surface area (Å²) >= 11 is 6.01. The minimum atomic E-state index is -1.01. The lowest BCUT2D eigenvalue weighted by Gasteiger charge is -2.29. The Morgan fingerprint density at radius 1 is 1.50 bits per heavy atom. The summed E-state index contributed by atoms with van der Waals surface area (Å²) in [6.07, 6.45) is 0. The number of rotatable bonds is 1. The topological polar surface area (TPSA) is 49.8 Å². The second-order valence-electron chi connectivity index (χ2n) is 3.78. The van der Waals surface area contributed by atoms with Gasteiger partial charge in [-0.2, -0.15) is 0 Å². The van der Waals surface area contributed by atoms with Gasteiger partial charge in [-0.1, -0.05) is 25.4 Å². The molecule has 0 unspecified atom stereocenters. The summed E-state index contributed by atoms with van der Waals surface area (Å²) < 4.78 is 5.44. The van der Waals surface area contributed by atoms with Gasteiger partial charge in [0.15, 0.2) is 5.75 Å². The Balaban J connectivity index is 0.000000771. The Kier molecular flexibility index (Phi) is 4.84. The number of aromatic carboxylic acids is 1. The van der Waals surface area contributed by atoms with Crippen molar-refractivity contribution in [3.05, 3.63) is 22.2 Å². The normalized spacial score (nSPS) is 13.1. The summed E-state index contributed by atoms with van der Waals surface area (Å²) in [5.74, 6) is -0.588. The fourth-order valence-electron chi connectivity index (χ4n) is 1.80. The Hall–Kier alpha value is -1.42. The van der Waals surface area contributed by atoms with Gasteiger partial charge in [0.1, 0.15) is 12.2 Å². The molecule has 1 heterocycles. The van der Waals surface area contributed by atoms with Gasteiger partial charge in [0.05, 0.1) is 12.2 Å². The molecule has 1 aliphatic rings. The number of hydrogen-bond donors (Lipinski definition) is 1. The van der Waals surface area contributed by atoms with Crippen molar-refractivity contribution >= 4 is 23.3 Å². The molecular weight excluding hydrogens is 254 g/mol. The van der Waals surface area contributed by atoms with Crippen LogP contribution in [0.15, 0.2) is 6.07 Å². The predicted molar refractivity (Wildman–Crippen MR) is 73.3 cm³/mol. The summed E-state index contributed by atoms with van der Waals surface area (Å²) in [5, 5.41) is 9.63. The number of likely N-dealkylation sites (N-methyl/N-ethyl adjacent to an activating group) is 1. The van der Waals surface area contributed by atoms with Crippen LogP contribution in [0.25, 0.3) is 0 Å². The maximum atomic E-state index is 11.2. The first-order valence-electron chi connectivity index (χ1n) is 5.92. The summed E-state index contributed by atoms with van der Waals surface area (Å²) in [6, 6.07) is 1.75. The highest BCUT2D eigenvalue weighted by atomic mass is 35.5. The SMILES string of the molecule is CC.Cc1c(Cl)cc2c(c1C(=O)O)OCCN2C. The van der Waals surface area contributed by atoms with Crippen molar-refractivity contribution in [2.45, 2.75) is 20.8 Å². The Morgan fingerprint density at radius 2 is 2.11 bits per heavy atom. The van der Waals surface area contributed by atoms with Crippen molar-refractivity contribution in [2.24, 2.45) is 0 Å². The number of carboxylic acids is 1. The number of hydrogen-bond acceptors (Lipinski definition) is 3. The smallest absolute Gasteiger partial charge is 0.339 e. The summed E-state index contributed by atoms with van der Waals surface area (Å²) in [7, 11) is 1.89. The monoisotopic (exact) mass is 271 g/mol. The lowest BCUT2D eigenvalue weighted by molar-refractivity contribution is 0.0691. The molecule has 100 valence electrons. The maximum Gasteiger partial charge on any atom is 0.339 e. The highest BCUT2D eigenvalue weighted by molar-refractivity contribution is 6.32. The molecule has 0 bridgehead atoms. The molecule has 1 N–H and O–H groups in total. The molecule has 5 heteroatoms. The second-order valence-corrected chi connectivity index (χ2v) is 4.19. The van der Waals surface area contributed by atoms with Gasteiger partial charge in [-0.15, -0.1) is 0 Å². The molecule has 0 saturated heterocycles. The predicted octanol–water partition coefficient (Wildman–Crippen LogP) is 3.20. The zero-order chi connectivity index (χ0) is 13.9. The van der Waals surface area contributed by atoms with Gasteiger partial charge in [-0.3, -0.25) is 0 Å². The molecule has 1 aliphatic heterocycles. The Bertz CT molecular complexity index is 460. The average molecular weight is 272 g/mol. The molecule has 4 nitrogen and oxygen atoms in total. The van der Waals surface area contributed by atoms with Crippen molar-refractivity contribution in [1.29, 1.82) is 0 Å². The van der Waals surface area contributed by atoms with Gasteiger partial charge in [0.2, 0.25) is 0 Å². The number of ether oxygens (including phenoxy) is 1. The van der Waals surface area contributed by atoms with Crippen LogP contribution in [0.1, 0.15) is 29.8 Å². The Labute approximate surface area is 112 Å². The fourth-order valence-corrected chi connectivity index (χ4v) is 2.00. The second kappa shape index (κ2) is 5.96. The minimum Gasteiger partial charge on any atom is -0.489 e. The van der Waals surface area contributed by atoms with Gasteiger partial charge in [-0.25, -0.2) is 4.79 Å². The molecular formula is C13H18ClNO3. The first kappa shape index (κ1) is 14.6. The van der Waals surface area contributed by atoms with Gasteiger partial charge < -0.3 is 14.7 Å². The van der Waals surface area contributed by atoms with Crippen LogP contribution in [0, 0.1) is 6.92 Å². The van der Waals surface area contributed by atoms with Crippen molar-refractivity contribution in [2.75, 3.05) is 25.1 Å². The highest BCUT2D eigenvalue weighted by Gasteiger charge is 2.25. The number of anilines is 1. The minimum absolute atomic E-state index is 0.161. The Morgan fingerprint density at radius 3 is 2.67 bits per heavy atom. The van der Waals surface area contributed by atoms with Crippen LogP contribution in [-0.4, -0.2) is 31.3 Å². The molecule has 2 rings (SSSR count). The molecule has 0 radical (unpaired) electrons. The number of nitrogens with zero attached hydrogens (tertiary/aromatic N) is 1. The van der Waals surface area contributed by atoms with Crippen molar-refractivity contribution in [1.82, 2.24) is 0 Å². The quantitative estimate of drug-likeness (QED) is 0.852. The van der Waals surface area contributed by atoms with E-state index in [2.05, 4.69) is 0 Å². The van der Waals surface area contributed by atoms with E-state index in [1.165, 1.54) is 0 Å². The van der Waals surface area contributed by atoms with Crippen LogP contribution in [0.4, 0.5) is 5.69 Å². The first-order chi connectivity index (χ1) is 8.52. The number of fused-ring (bicyclic) bond motifs is 1. The molecule has 1 aromatic carbocycles. The number of benzene rings is 1. The van der Waals surface area contributed by atoms with Gasteiger partial charge in [0, 0.05) is 12.1 Å². The summed E-state index contributed by atoms with van der Waals surface area (Å²) in [4.78, 5) is 13.1. The summed E-state index contributed by atoms with van der Waals surface area (Å²) in [6.45, 7) is 6.90. The molecule has 0 spiro atoms. The van der Waals surface area contributed by atoms with E-state index in [9.17, 15) is 9.90 Å². The van der Waals surface area contributed by atoms with E-state index in [1.54, 1.807) is 13.0 Å². The number of carbonyl (C=O) groups is 1. The molecule has 0 aromatic heterocycles. The van der Waals surface area contributed by atoms with Crippen LogP contribution < -0.4 is 9.64 Å². The van der Waals surface area contributed by atoms with E-state index in [0.717, 1.165) is 12.2 Å². The van der Waals surface area contributed by atoms with Crippen LogP contribution in [0.2, 0.25) is 5.02 Å². The number of halogens is 1. The average Bonchev–Trinajstić information content (AvgIpc) is 2.34. The summed E-state index contributed by atoms with van der Waals surface area (Å²) in [5.41, 5.74) is 1.44. The zero-order valence-electron chi connectivity index (χ0n) is 11.1. The maximum absolute atomic E-state index is 11.2. The van der Waals surface area contributed by atoms with Crippen LogP contribution in [0.3, 0.4) is 0 Å². The highest BCUT2D eigenvalue weighted by Crippen LogP contribution is 2.39. The van der Waals surface area contributed by atoms with E-state index < -0.39 is 5.97 Å². The molecule has 0 fully saturated rings. The fraction of sp³-hybridized carbons (Fsp3) is 0.462. The third kappa shape index (κ3) is 2.53. The molecule has 0 atom stereocenters. The molecule has 0 aliphatic carbocycles. The molecule has 0 saturated carbocycles. The largest absolute Gasteiger partial charge is 0.489 e.